The van der Waals surface area contributed by atoms with Gasteiger partial charge >= 0.3 is 0 Å². The van der Waals surface area contributed by atoms with Gasteiger partial charge in [-0.05, 0) is 48.2 Å². The minimum Gasteiger partial charge on any atom is -0.508 e. The van der Waals surface area contributed by atoms with Gasteiger partial charge in [0.1, 0.15) is 5.75 Å². The van der Waals surface area contributed by atoms with Gasteiger partial charge in [-0.1, -0.05) is 38.1 Å². The van der Waals surface area contributed by atoms with E-state index in [0.717, 1.165) is 12.8 Å². The van der Waals surface area contributed by atoms with Gasteiger partial charge < -0.3 is 10.0 Å². The third-order valence-corrected chi connectivity index (χ3v) is 3.88. The Labute approximate surface area is 121 Å². The fourth-order valence-electron chi connectivity index (χ4n) is 2.58. The first-order valence-electron chi connectivity index (χ1n) is 7.26. The highest BCUT2D eigenvalue weighted by atomic mass is 16.3. The van der Waals surface area contributed by atoms with Crippen molar-refractivity contribution in [3.05, 3.63) is 59.7 Å². The summed E-state index contributed by atoms with van der Waals surface area (Å²) in [7, 11) is 2.13. The molecule has 0 aliphatic carbocycles. The van der Waals surface area contributed by atoms with Crippen molar-refractivity contribution in [1.82, 2.24) is 0 Å². The lowest BCUT2D eigenvalue weighted by molar-refractivity contribution is 0.474. The molecular formula is C18H23NO. The summed E-state index contributed by atoms with van der Waals surface area (Å²) < 4.78 is 0. The van der Waals surface area contributed by atoms with E-state index in [0.29, 0.717) is 11.8 Å². The number of hydrogen-bond acceptors (Lipinski definition) is 2. The highest BCUT2D eigenvalue weighted by molar-refractivity contribution is 5.49. The molecule has 106 valence electrons. The van der Waals surface area contributed by atoms with Gasteiger partial charge in [-0.15, -0.1) is 0 Å². The zero-order valence-electron chi connectivity index (χ0n) is 12.5. The molecule has 0 heterocycles. The predicted octanol–water partition coefficient (Wildman–Crippen LogP) is 4.54. The highest BCUT2D eigenvalue weighted by Gasteiger charge is 2.15. The van der Waals surface area contributed by atoms with Gasteiger partial charge in [0.05, 0.1) is 6.04 Å². The maximum atomic E-state index is 9.41. The standard InChI is InChI=1S/C18H23NO/c1-4-14-6-10-16(11-7-14)19(3)18(5-2)15-8-12-17(20)13-9-15/h6-13,18,20H,4-5H2,1-3H3. The molecule has 2 aromatic rings. The molecule has 0 saturated carbocycles. The van der Waals surface area contributed by atoms with Crippen LogP contribution in [-0.4, -0.2) is 12.2 Å². The lowest BCUT2D eigenvalue weighted by Gasteiger charge is -2.30. The third-order valence-electron chi connectivity index (χ3n) is 3.88. The molecule has 2 nitrogen and oxygen atoms in total. The Morgan fingerprint density at radius 3 is 2.05 bits per heavy atom. The Kier molecular flexibility index (Phi) is 4.67. The summed E-state index contributed by atoms with van der Waals surface area (Å²) in [4.78, 5) is 2.30. The van der Waals surface area contributed by atoms with E-state index in [1.807, 2.05) is 12.1 Å². The van der Waals surface area contributed by atoms with Crippen LogP contribution in [0.25, 0.3) is 0 Å². The molecule has 1 N–H and O–H groups in total. The van der Waals surface area contributed by atoms with Gasteiger partial charge in [-0.2, -0.15) is 0 Å². The van der Waals surface area contributed by atoms with Crippen molar-refractivity contribution in [2.75, 3.05) is 11.9 Å². The van der Waals surface area contributed by atoms with Crippen molar-refractivity contribution < 1.29 is 5.11 Å². The number of aryl methyl sites for hydroxylation is 1. The zero-order valence-corrected chi connectivity index (χ0v) is 12.5. The molecule has 0 spiro atoms. The number of rotatable bonds is 5. The topological polar surface area (TPSA) is 23.5 Å². The number of benzene rings is 2. The smallest absolute Gasteiger partial charge is 0.115 e. The van der Waals surface area contributed by atoms with Gasteiger partial charge in [-0.3, -0.25) is 0 Å². The lowest BCUT2D eigenvalue weighted by Crippen LogP contribution is -2.23. The van der Waals surface area contributed by atoms with Gasteiger partial charge in [0.25, 0.3) is 0 Å². The van der Waals surface area contributed by atoms with E-state index < -0.39 is 0 Å². The van der Waals surface area contributed by atoms with Crippen molar-refractivity contribution in [1.29, 1.82) is 0 Å². The maximum Gasteiger partial charge on any atom is 0.115 e. The first-order valence-corrected chi connectivity index (χ1v) is 7.26. The molecule has 1 unspecified atom stereocenters. The van der Waals surface area contributed by atoms with Crippen molar-refractivity contribution >= 4 is 5.69 Å². The van der Waals surface area contributed by atoms with E-state index in [4.69, 9.17) is 0 Å². The molecule has 2 rings (SSSR count). The molecule has 0 amide bonds. The van der Waals surface area contributed by atoms with Crippen LogP contribution in [0, 0.1) is 0 Å². The Hall–Kier alpha value is -1.96. The van der Waals surface area contributed by atoms with Crippen LogP contribution in [0.4, 0.5) is 5.69 Å². The summed E-state index contributed by atoms with van der Waals surface area (Å²) in [5.74, 6) is 0.318. The summed E-state index contributed by atoms with van der Waals surface area (Å²) >= 11 is 0. The van der Waals surface area contributed by atoms with Crippen LogP contribution < -0.4 is 4.90 Å². The number of nitrogens with zero attached hydrogens (tertiary/aromatic N) is 1. The fourth-order valence-corrected chi connectivity index (χ4v) is 2.58. The summed E-state index contributed by atoms with van der Waals surface area (Å²) in [6.07, 6.45) is 2.09. The van der Waals surface area contributed by atoms with E-state index in [2.05, 4.69) is 50.1 Å². The molecule has 0 aliphatic rings. The van der Waals surface area contributed by atoms with E-state index in [9.17, 15) is 5.11 Å². The van der Waals surface area contributed by atoms with Crippen molar-refractivity contribution in [2.45, 2.75) is 32.7 Å². The van der Waals surface area contributed by atoms with E-state index in [-0.39, 0.29) is 0 Å². The number of anilines is 1. The van der Waals surface area contributed by atoms with E-state index >= 15 is 0 Å². The van der Waals surface area contributed by atoms with Crippen LogP contribution in [-0.2, 0) is 6.42 Å². The van der Waals surface area contributed by atoms with Gasteiger partial charge in [0.15, 0.2) is 0 Å². The number of aromatic hydroxyl groups is 1. The molecule has 20 heavy (non-hydrogen) atoms. The molecular weight excluding hydrogens is 246 g/mol. The second-order valence-electron chi connectivity index (χ2n) is 5.15. The molecule has 2 heteroatoms. The van der Waals surface area contributed by atoms with Crippen LogP contribution in [0.3, 0.4) is 0 Å². The second-order valence-corrected chi connectivity index (χ2v) is 5.15. The average Bonchev–Trinajstić information content (AvgIpc) is 2.50. The van der Waals surface area contributed by atoms with Crippen molar-refractivity contribution in [3.63, 3.8) is 0 Å². The highest BCUT2D eigenvalue weighted by Crippen LogP contribution is 2.29. The maximum absolute atomic E-state index is 9.41. The fraction of sp³-hybridized carbons (Fsp3) is 0.333. The first kappa shape index (κ1) is 14.4. The van der Waals surface area contributed by atoms with Crippen LogP contribution in [0.1, 0.15) is 37.4 Å². The van der Waals surface area contributed by atoms with Crippen LogP contribution in [0.2, 0.25) is 0 Å². The van der Waals surface area contributed by atoms with Gasteiger partial charge in [-0.25, -0.2) is 0 Å². The molecule has 0 aromatic heterocycles. The zero-order chi connectivity index (χ0) is 14.5. The normalized spacial score (nSPS) is 12.2. The monoisotopic (exact) mass is 269 g/mol. The quantitative estimate of drug-likeness (QED) is 0.861. The lowest BCUT2D eigenvalue weighted by atomic mass is 10.0. The average molecular weight is 269 g/mol. The van der Waals surface area contributed by atoms with Crippen LogP contribution in [0.15, 0.2) is 48.5 Å². The Morgan fingerprint density at radius 1 is 0.950 bits per heavy atom. The Bertz CT molecular complexity index is 530. The summed E-state index contributed by atoms with van der Waals surface area (Å²) in [6.45, 7) is 4.36. The minimum absolute atomic E-state index is 0.318. The minimum atomic E-state index is 0.318. The summed E-state index contributed by atoms with van der Waals surface area (Å²) in [6, 6.07) is 16.6. The van der Waals surface area contributed by atoms with E-state index in [1.165, 1.54) is 16.8 Å². The van der Waals surface area contributed by atoms with Crippen molar-refractivity contribution in [3.8, 4) is 5.75 Å². The number of phenols is 1. The SMILES string of the molecule is CCc1ccc(N(C)C(CC)c2ccc(O)cc2)cc1. The molecule has 0 radical (unpaired) electrons. The van der Waals surface area contributed by atoms with Crippen molar-refractivity contribution in [2.24, 2.45) is 0 Å². The Morgan fingerprint density at radius 2 is 1.55 bits per heavy atom. The van der Waals surface area contributed by atoms with E-state index in [1.54, 1.807) is 12.1 Å². The molecule has 0 fully saturated rings. The number of phenolic OH excluding ortho intramolecular Hbond substituents is 1. The number of hydrogen-bond donors (Lipinski definition) is 1. The predicted molar refractivity (Wildman–Crippen MR) is 85.4 cm³/mol. The molecule has 0 saturated heterocycles. The Balaban J connectivity index is 2.23. The first-order chi connectivity index (χ1) is 9.65. The molecule has 0 bridgehead atoms. The molecule has 1 atom stereocenters. The summed E-state index contributed by atoms with van der Waals surface area (Å²) in [5.41, 5.74) is 3.81. The van der Waals surface area contributed by atoms with Crippen LogP contribution in [0.5, 0.6) is 5.75 Å². The van der Waals surface area contributed by atoms with Gasteiger partial charge in [0.2, 0.25) is 0 Å². The molecule has 2 aromatic carbocycles. The van der Waals surface area contributed by atoms with Gasteiger partial charge in [0, 0.05) is 12.7 Å². The largest absolute Gasteiger partial charge is 0.508 e. The molecule has 0 aliphatic heterocycles. The second kappa shape index (κ2) is 6.47. The van der Waals surface area contributed by atoms with Crippen LogP contribution >= 0.6 is 0 Å². The summed E-state index contributed by atoms with van der Waals surface area (Å²) in [5, 5.41) is 9.41. The third kappa shape index (κ3) is 3.13.